The molecule has 3 aromatic rings. The van der Waals surface area contributed by atoms with Crippen LogP contribution in [0.1, 0.15) is 43.2 Å². The van der Waals surface area contributed by atoms with Crippen molar-refractivity contribution in [1.82, 2.24) is 9.88 Å². The predicted molar refractivity (Wildman–Crippen MR) is 142 cm³/mol. The van der Waals surface area contributed by atoms with Gasteiger partial charge in [-0.3, -0.25) is 9.59 Å². The van der Waals surface area contributed by atoms with Crippen LogP contribution in [0.5, 0.6) is 0 Å². The number of methoxy groups -OCH3 is 1. The number of likely N-dealkylation sites (tertiary alicyclic amines) is 1. The highest BCUT2D eigenvalue weighted by Gasteiger charge is 2.35. The molecule has 1 aliphatic heterocycles. The van der Waals surface area contributed by atoms with E-state index in [1.807, 2.05) is 49.4 Å². The molecule has 2 fully saturated rings. The van der Waals surface area contributed by atoms with Gasteiger partial charge in [0.15, 0.2) is 5.58 Å². The standard InChI is InChI=1S/C29H35N3O6/c1-18-5-3-4-6-24(18)30-29-31-25-12-7-19(13-26(25)38-29)14-27(34)32-16-22(33)15-21(32)17-37-23-10-8-20(9-11-23)28(35)36-2/h3-7,12-13,20-23,33H,8-11,14-17H2,1-2H3,(H,30,31)/t20?,21-,22+,23?/m0/s1. The zero-order valence-corrected chi connectivity index (χ0v) is 21.9. The summed E-state index contributed by atoms with van der Waals surface area (Å²) in [5, 5.41) is 13.5. The Balaban J connectivity index is 1.18. The molecule has 5 rings (SSSR count). The molecule has 1 amide bonds. The van der Waals surface area contributed by atoms with Crippen LogP contribution < -0.4 is 5.32 Å². The number of anilines is 2. The Kier molecular flexibility index (Phi) is 7.95. The van der Waals surface area contributed by atoms with E-state index in [9.17, 15) is 14.7 Å². The van der Waals surface area contributed by atoms with Crippen LogP contribution in [-0.4, -0.2) is 65.4 Å². The molecule has 9 heteroatoms. The van der Waals surface area contributed by atoms with Crippen LogP contribution in [0.25, 0.3) is 11.1 Å². The highest BCUT2D eigenvalue weighted by atomic mass is 16.5. The van der Waals surface area contributed by atoms with Crippen LogP contribution in [0.2, 0.25) is 0 Å². The lowest BCUT2D eigenvalue weighted by Gasteiger charge is -2.30. The van der Waals surface area contributed by atoms with Gasteiger partial charge in [0.1, 0.15) is 5.52 Å². The largest absolute Gasteiger partial charge is 0.469 e. The van der Waals surface area contributed by atoms with E-state index in [4.69, 9.17) is 13.9 Å². The molecular weight excluding hydrogens is 486 g/mol. The van der Waals surface area contributed by atoms with E-state index in [0.29, 0.717) is 36.7 Å². The van der Waals surface area contributed by atoms with Gasteiger partial charge in [0.25, 0.3) is 6.01 Å². The van der Waals surface area contributed by atoms with E-state index in [1.54, 1.807) is 4.90 Å². The van der Waals surface area contributed by atoms with Gasteiger partial charge in [-0.05, 0) is 68.4 Å². The fourth-order valence-electron chi connectivity index (χ4n) is 5.47. The number of hydrogen-bond acceptors (Lipinski definition) is 8. The average Bonchev–Trinajstić information content (AvgIpc) is 3.50. The van der Waals surface area contributed by atoms with Gasteiger partial charge in [0, 0.05) is 12.2 Å². The zero-order valence-electron chi connectivity index (χ0n) is 21.9. The van der Waals surface area contributed by atoms with Gasteiger partial charge in [-0.1, -0.05) is 24.3 Å². The molecular formula is C29H35N3O6. The number of aliphatic hydroxyl groups is 1. The molecule has 1 aliphatic carbocycles. The van der Waals surface area contributed by atoms with E-state index in [0.717, 1.165) is 42.5 Å². The van der Waals surface area contributed by atoms with Crippen LogP contribution >= 0.6 is 0 Å². The first-order valence-corrected chi connectivity index (χ1v) is 13.3. The first-order chi connectivity index (χ1) is 18.4. The van der Waals surface area contributed by atoms with E-state index < -0.39 is 6.10 Å². The SMILES string of the molecule is COC(=O)C1CCC(OC[C@@H]2C[C@@H](O)CN2C(=O)Cc2ccc3nc(Nc4ccccc4C)oc3c2)CC1. The second kappa shape index (κ2) is 11.5. The fourth-order valence-corrected chi connectivity index (χ4v) is 5.47. The minimum absolute atomic E-state index is 0.0535. The summed E-state index contributed by atoms with van der Waals surface area (Å²) in [7, 11) is 1.42. The van der Waals surface area contributed by atoms with E-state index in [1.165, 1.54) is 7.11 Å². The molecule has 0 unspecified atom stereocenters. The van der Waals surface area contributed by atoms with Crippen molar-refractivity contribution in [2.45, 2.75) is 63.7 Å². The molecule has 38 heavy (non-hydrogen) atoms. The number of aryl methyl sites for hydroxylation is 1. The van der Waals surface area contributed by atoms with Crippen LogP contribution in [-0.2, 0) is 25.5 Å². The number of benzene rings is 2. The summed E-state index contributed by atoms with van der Waals surface area (Å²) in [5.41, 5.74) is 4.15. The Bertz CT molecular complexity index is 1280. The number of carbonyl (C=O) groups is 2. The topological polar surface area (TPSA) is 114 Å². The summed E-state index contributed by atoms with van der Waals surface area (Å²) in [6.45, 7) is 2.69. The van der Waals surface area contributed by atoms with Gasteiger partial charge in [-0.15, -0.1) is 0 Å². The van der Waals surface area contributed by atoms with Crippen molar-refractivity contribution in [2.24, 2.45) is 5.92 Å². The van der Waals surface area contributed by atoms with Gasteiger partial charge in [-0.25, -0.2) is 0 Å². The number of β-amino-alcohol motifs (C(OH)–C–C–N with tert-alkyl or cyclic N) is 1. The maximum absolute atomic E-state index is 13.2. The van der Waals surface area contributed by atoms with Crippen molar-refractivity contribution in [3.05, 3.63) is 53.6 Å². The summed E-state index contributed by atoms with van der Waals surface area (Å²) in [5.74, 6) is -0.259. The Hall–Kier alpha value is -3.43. The van der Waals surface area contributed by atoms with Crippen molar-refractivity contribution < 1.29 is 28.6 Å². The number of amides is 1. The predicted octanol–water partition coefficient (Wildman–Crippen LogP) is 4.13. The number of ether oxygens (including phenoxy) is 2. The van der Waals surface area contributed by atoms with Crippen LogP contribution in [0.4, 0.5) is 11.7 Å². The second-order valence-corrected chi connectivity index (χ2v) is 10.4. The summed E-state index contributed by atoms with van der Waals surface area (Å²) in [6.07, 6.45) is 3.28. The molecule has 202 valence electrons. The van der Waals surface area contributed by atoms with E-state index in [-0.39, 0.29) is 36.4 Å². The van der Waals surface area contributed by atoms with Crippen LogP contribution in [0.3, 0.4) is 0 Å². The summed E-state index contributed by atoms with van der Waals surface area (Å²) in [6, 6.07) is 13.7. The molecule has 2 aliphatic rings. The number of para-hydroxylation sites is 1. The molecule has 0 bridgehead atoms. The Labute approximate surface area is 222 Å². The Morgan fingerprint density at radius 3 is 2.71 bits per heavy atom. The average molecular weight is 522 g/mol. The van der Waals surface area contributed by atoms with Crippen molar-refractivity contribution in [2.75, 3.05) is 25.6 Å². The first-order valence-electron chi connectivity index (χ1n) is 13.3. The Morgan fingerprint density at radius 1 is 1.16 bits per heavy atom. The smallest absolute Gasteiger partial charge is 0.308 e. The molecule has 1 saturated carbocycles. The lowest BCUT2D eigenvalue weighted by atomic mass is 9.87. The molecule has 2 N–H and O–H groups in total. The number of hydrogen-bond donors (Lipinski definition) is 2. The van der Waals surface area contributed by atoms with Gasteiger partial charge in [-0.2, -0.15) is 4.98 Å². The van der Waals surface area contributed by atoms with Gasteiger partial charge >= 0.3 is 5.97 Å². The lowest BCUT2D eigenvalue weighted by molar-refractivity contribution is -0.148. The minimum atomic E-state index is -0.561. The lowest BCUT2D eigenvalue weighted by Crippen LogP contribution is -2.40. The molecule has 0 radical (unpaired) electrons. The highest BCUT2D eigenvalue weighted by Crippen LogP contribution is 2.29. The Morgan fingerprint density at radius 2 is 1.95 bits per heavy atom. The number of rotatable bonds is 8. The van der Waals surface area contributed by atoms with Crippen molar-refractivity contribution in [1.29, 1.82) is 0 Å². The van der Waals surface area contributed by atoms with E-state index >= 15 is 0 Å². The van der Waals surface area contributed by atoms with Crippen molar-refractivity contribution in [3.8, 4) is 0 Å². The third-order valence-electron chi connectivity index (χ3n) is 7.64. The molecule has 0 spiro atoms. The number of esters is 1. The molecule has 2 aromatic carbocycles. The van der Waals surface area contributed by atoms with Gasteiger partial charge < -0.3 is 29.2 Å². The third kappa shape index (κ3) is 6.00. The maximum Gasteiger partial charge on any atom is 0.308 e. The van der Waals surface area contributed by atoms with E-state index in [2.05, 4.69) is 10.3 Å². The number of oxazole rings is 1. The number of nitrogens with one attached hydrogen (secondary N) is 1. The fraction of sp³-hybridized carbons (Fsp3) is 0.483. The summed E-state index contributed by atoms with van der Waals surface area (Å²) in [4.78, 5) is 31.2. The van der Waals surface area contributed by atoms with Crippen molar-refractivity contribution in [3.63, 3.8) is 0 Å². The van der Waals surface area contributed by atoms with Crippen LogP contribution in [0, 0.1) is 12.8 Å². The number of nitrogens with zero attached hydrogens (tertiary/aromatic N) is 2. The molecule has 2 heterocycles. The number of fused-ring (bicyclic) bond motifs is 1. The summed E-state index contributed by atoms with van der Waals surface area (Å²) >= 11 is 0. The molecule has 1 aromatic heterocycles. The molecule has 9 nitrogen and oxygen atoms in total. The first kappa shape index (κ1) is 26.2. The maximum atomic E-state index is 13.2. The second-order valence-electron chi connectivity index (χ2n) is 10.4. The quantitative estimate of drug-likeness (QED) is 0.426. The molecule has 2 atom stereocenters. The van der Waals surface area contributed by atoms with Gasteiger partial charge in [0.2, 0.25) is 5.91 Å². The minimum Gasteiger partial charge on any atom is -0.469 e. The van der Waals surface area contributed by atoms with Crippen molar-refractivity contribution >= 4 is 34.7 Å². The zero-order chi connectivity index (χ0) is 26.6. The monoisotopic (exact) mass is 521 g/mol. The number of aromatic nitrogens is 1. The highest BCUT2D eigenvalue weighted by molar-refractivity contribution is 5.82. The van der Waals surface area contributed by atoms with Gasteiger partial charge in [0.05, 0.1) is 44.3 Å². The third-order valence-corrected chi connectivity index (χ3v) is 7.64. The molecule has 1 saturated heterocycles. The number of aliphatic hydroxyl groups excluding tert-OH is 1. The summed E-state index contributed by atoms with van der Waals surface area (Å²) < 4.78 is 16.9. The van der Waals surface area contributed by atoms with Crippen LogP contribution in [0.15, 0.2) is 46.9 Å². The number of carbonyl (C=O) groups excluding carboxylic acids is 2. The normalized spacial score (nSPS) is 23.5.